The summed E-state index contributed by atoms with van der Waals surface area (Å²) in [6.45, 7) is 0. The summed E-state index contributed by atoms with van der Waals surface area (Å²) in [4.78, 5) is 11.3. The van der Waals surface area contributed by atoms with Gasteiger partial charge in [0.1, 0.15) is 0 Å². The first-order chi connectivity index (χ1) is 10.2. The number of carboxylic acid groups (broad SMARTS) is 1. The predicted octanol–water partition coefficient (Wildman–Crippen LogP) is 0.995. The van der Waals surface area contributed by atoms with Gasteiger partial charge in [-0.25, -0.2) is 0 Å². The van der Waals surface area contributed by atoms with Gasteiger partial charge in [-0.2, -0.15) is 0 Å². The van der Waals surface area contributed by atoms with Crippen molar-refractivity contribution in [1.82, 2.24) is 0 Å². The molecule has 2 aromatic carbocycles. The summed E-state index contributed by atoms with van der Waals surface area (Å²) in [7, 11) is 8.50. The summed E-state index contributed by atoms with van der Waals surface area (Å²) in [5.74, 6) is -1.53. The van der Waals surface area contributed by atoms with Gasteiger partial charge in [0.05, 0.1) is 34.2 Å². The zero-order chi connectivity index (χ0) is 16.8. The molecule has 0 amide bonds. The van der Waals surface area contributed by atoms with E-state index in [1.165, 1.54) is 0 Å². The number of benzene rings is 2. The number of nitrogens with zero attached hydrogens (tertiary/aromatic N) is 1. The Balaban J connectivity index is 0.000000422. The topological polar surface area (TPSA) is 60.4 Å². The van der Waals surface area contributed by atoms with E-state index in [-0.39, 0.29) is 11.1 Å². The van der Waals surface area contributed by atoms with Gasteiger partial charge in [-0.3, -0.25) is 0 Å². The van der Waals surface area contributed by atoms with Crippen molar-refractivity contribution in [1.29, 1.82) is 0 Å². The van der Waals surface area contributed by atoms with Gasteiger partial charge in [0.15, 0.2) is 5.60 Å². The molecule has 0 aliphatic carbocycles. The molecule has 0 fully saturated rings. The average Bonchev–Trinajstić information content (AvgIpc) is 2.46. The number of rotatable bonds is 3. The van der Waals surface area contributed by atoms with Gasteiger partial charge < -0.3 is 19.5 Å². The molecule has 0 spiro atoms. The maximum Gasteiger partial charge on any atom is 0.154 e. The van der Waals surface area contributed by atoms with E-state index in [9.17, 15) is 15.0 Å². The Kier molecular flexibility index (Phi) is 5.85. The summed E-state index contributed by atoms with van der Waals surface area (Å²) in [5.41, 5.74) is -1.54. The van der Waals surface area contributed by atoms with Crippen molar-refractivity contribution in [2.75, 3.05) is 28.2 Å². The summed E-state index contributed by atoms with van der Waals surface area (Å²) >= 11 is 0. The number of aliphatic hydroxyl groups is 1. The predicted molar refractivity (Wildman–Crippen MR) is 84.8 cm³/mol. The standard InChI is InChI=1S/C14H12O3.C4H12N/c15-13(16)14(17,11-7-3-1-4-8-11)12-9-5-2-6-10-12;1-5(2,3)4/h1-10,17H,(H,15,16);1-4H3/q;+1/p-1. The molecular formula is C18H23NO3. The Morgan fingerprint density at radius 3 is 1.36 bits per heavy atom. The first-order valence-corrected chi connectivity index (χ1v) is 6.99. The molecule has 2 aromatic rings. The average molecular weight is 301 g/mol. The number of carbonyl (C=O) groups is 1. The molecular weight excluding hydrogens is 278 g/mol. The van der Waals surface area contributed by atoms with E-state index in [1.807, 2.05) is 0 Å². The van der Waals surface area contributed by atoms with E-state index in [1.54, 1.807) is 60.7 Å². The Morgan fingerprint density at radius 2 is 1.14 bits per heavy atom. The molecule has 0 aliphatic heterocycles. The first-order valence-electron chi connectivity index (χ1n) is 6.99. The summed E-state index contributed by atoms with van der Waals surface area (Å²) in [6.07, 6.45) is 0. The molecule has 0 aromatic heterocycles. The van der Waals surface area contributed by atoms with Crippen LogP contribution in [0.25, 0.3) is 0 Å². The molecule has 118 valence electrons. The number of hydrogen-bond acceptors (Lipinski definition) is 3. The summed E-state index contributed by atoms with van der Waals surface area (Å²) < 4.78 is 1.00. The molecule has 0 aliphatic rings. The third-order valence-corrected chi connectivity index (χ3v) is 2.68. The lowest BCUT2D eigenvalue weighted by Crippen LogP contribution is -2.46. The lowest BCUT2D eigenvalue weighted by Gasteiger charge is -2.30. The maximum atomic E-state index is 11.3. The molecule has 0 atom stereocenters. The van der Waals surface area contributed by atoms with E-state index >= 15 is 0 Å². The number of carboxylic acids is 1. The van der Waals surface area contributed by atoms with Crippen molar-refractivity contribution in [2.24, 2.45) is 0 Å². The largest absolute Gasteiger partial charge is 0.546 e. The van der Waals surface area contributed by atoms with Gasteiger partial charge in [-0.1, -0.05) is 60.7 Å². The normalized spacial score (nSPS) is 11.3. The highest BCUT2D eigenvalue weighted by Gasteiger charge is 2.32. The third-order valence-electron chi connectivity index (χ3n) is 2.68. The molecule has 4 heteroatoms. The Labute approximate surface area is 131 Å². The second kappa shape index (κ2) is 7.20. The second-order valence-corrected chi connectivity index (χ2v) is 6.41. The molecule has 1 N–H and O–H groups in total. The highest BCUT2D eigenvalue weighted by atomic mass is 16.4. The van der Waals surface area contributed by atoms with Crippen LogP contribution in [-0.2, 0) is 10.4 Å². The number of quaternary nitrogens is 1. The molecule has 0 radical (unpaired) electrons. The van der Waals surface area contributed by atoms with Crippen molar-refractivity contribution in [3.8, 4) is 0 Å². The number of carbonyl (C=O) groups excluding carboxylic acids is 1. The highest BCUT2D eigenvalue weighted by molar-refractivity contribution is 5.81. The van der Waals surface area contributed by atoms with E-state index in [0.717, 1.165) is 4.48 Å². The smallest absolute Gasteiger partial charge is 0.154 e. The fraction of sp³-hybridized carbons (Fsp3) is 0.278. The van der Waals surface area contributed by atoms with Crippen LogP contribution in [0, 0.1) is 0 Å². The fourth-order valence-electron chi connectivity index (χ4n) is 1.76. The lowest BCUT2D eigenvalue weighted by molar-refractivity contribution is -0.849. The van der Waals surface area contributed by atoms with Gasteiger partial charge in [0, 0.05) is 0 Å². The van der Waals surface area contributed by atoms with Crippen LogP contribution in [0.5, 0.6) is 0 Å². The third kappa shape index (κ3) is 4.98. The minimum atomic E-state index is -2.11. The number of hydrogen-bond donors (Lipinski definition) is 1. The number of aliphatic carboxylic acids is 1. The monoisotopic (exact) mass is 301 g/mol. The SMILES string of the molecule is C[N+](C)(C)C.O=C([O-])C(O)(c1ccccc1)c1ccccc1. The Hall–Kier alpha value is -2.17. The van der Waals surface area contributed by atoms with Crippen LogP contribution in [0.4, 0.5) is 0 Å². The summed E-state index contributed by atoms with van der Waals surface area (Å²) in [5, 5.41) is 21.6. The van der Waals surface area contributed by atoms with Crippen LogP contribution < -0.4 is 5.11 Å². The van der Waals surface area contributed by atoms with Crippen molar-refractivity contribution >= 4 is 5.97 Å². The lowest BCUT2D eigenvalue weighted by atomic mass is 9.86. The van der Waals surface area contributed by atoms with Crippen molar-refractivity contribution in [2.45, 2.75) is 5.60 Å². The molecule has 0 saturated carbocycles. The van der Waals surface area contributed by atoms with Crippen molar-refractivity contribution < 1.29 is 19.5 Å². The van der Waals surface area contributed by atoms with E-state index in [2.05, 4.69) is 28.2 Å². The molecule has 0 heterocycles. The highest BCUT2D eigenvalue weighted by Crippen LogP contribution is 2.28. The van der Waals surface area contributed by atoms with Crippen LogP contribution in [-0.4, -0.2) is 43.7 Å². The van der Waals surface area contributed by atoms with Gasteiger partial charge in [-0.15, -0.1) is 0 Å². The van der Waals surface area contributed by atoms with Crippen molar-refractivity contribution in [3.05, 3.63) is 71.8 Å². The molecule has 4 nitrogen and oxygen atoms in total. The van der Waals surface area contributed by atoms with Gasteiger partial charge in [0.25, 0.3) is 0 Å². The zero-order valence-electron chi connectivity index (χ0n) is 13.5. The molecule has 2 rings (SSSR count). The van der Waals surface area contributed by atoms with Crippen LogP contribution in [0.3, 0.4) is 0 Å². The maximum absolute atomic E-state index is 11.3. The van der Waals surface area contributed by atoms with Gasteiger partial charge >= 0.3 is 0 Å². The molecule has 0 bridgehead atoms. The Morgan fingerprint density at radius 1 is 0.864 bits per heavy atom. The first kappa shape index (κ1) is 17.9. The molecule has 0 saturated heterocycles. The van der Waals surface area contributed by atoms with E-state index < -0.39 is 11.6 Å². The quantitative estimate of drug-likeness (QED) is 0.860. The second-order valence-electron chi connectivity index (χ2n) is 6.41. The van der Waals surface area contributed by atoms with Crippen LogP contribution in [0.2, 0.25) is 0 Å². The van der Waals surface area contributed by atoms with Gasteiger partial charge in [0.2, 0.25) is 0 Å². The fourth-order valence-corrected chi connectivity index (χ4v) is 1.76. The molecule has 22 heavy (non-hydrogen) atoms. The van der Waals surface area contributed by atoms with Crippen LogP contribution in [0.15, 0.2) is 60.7 Å². The van der Waals surface area contributed by atoms with Crippen LogP contribution >= 0.6 is 0 Å². The summed E-state index contributed by atoms with van der Waals surface area (Å²) in [6, 6.07) is 16.4. The minimum absolute atomic E-state index is 0.284. The van der Waals surface area contributed by atoms with E-state index in [0.29, 0.717) is 0 Å². The van der Waals surface area contributed by atoms with E-state index in [4.69, 9.17) is 0 Å². The van der Waals surface area contributed by atoms with Gasteiger partial charge in [-0.05, 0) is 11.1 Å². The molecule has 0 unspecified atom stereocenters. The van der Waals surface area contributed by atoms with Crippen molar-refractivity contribution in [3.63, 3.8) is 0 Å². The van der Waals surface area contributed by atoms with Crippen LogP contribution in [0.1, 0.15) is 11.1 Å². The zero-order valence-corrected chi connectivity index (χ0v) is 13.5. The Bertz CT molecular complexity index is 543. The minimum Gasteiger partial charge on any atom is -0.546 e.